The van der Waals surface area contributed by atoms with Crippen LogP contribution in [0.3, 0.4) is 0 Å². The van der Waals surface area contributed by atoms with Gasteiger partial charge in [0.15, 0.2) is 0 Å². The van der Waals surface area contributed by atoms with Gasteiger partial charge < -0.3 is 9.73 Å². The second-order valence-electron chi connectivity index (χ2n) is 3.19. The van der Waals surface area contributed by atoms with E-state index in [-0.39, 0.29) is 0 Å². The minimum absolute atomic E-state index is 0.622. The fraction of sp³-hybridized carbons (Fsp3) is 0.750. The lowest BCUT2D eigenvalue weighted by Gasteiger charge is -2.05. The fourth-order valence-corrected chi connectivity index (χ4v) is 2.31. The van der Waals surface area contributed by atoms with E-state index >= 15 is 0 Å². The van der Waals surface area contributed by atoms with Gasteiger partial charge in [-0.1, -0.05) is 11.8 Å². The lowest BCUT2D eigenvalue weighted by molar-refractivity contribution is 0.429. The molecule has 0 saturated carbocycles. The first kappa shape index (κ1) is 9.02. The molecule has 1 atom stereocenters. The summed E-state index contributed by atoms with van der Waals surface area (Å²) >= 11 is 1.64. The Balaban J connectivity index is 1.78. The SMILES string of the molecule is Cc1nnc(SC[C@H]2CCCN2)o1. The minimum atomic E-state index is 0.622. The quantitative estimate of drug-likeness (QED) is 0.742. The highest BCUT2D eigenvalue weighted by molar-refractivity contribution is 7.99. The van der Waals surface area contributed by atoms with Crippen molar-refractivity contribution in [2.75, 3.05) is 12.3 Å². The molecule has 1 fully saturated rings. The van der Waals surface area contributed by atoms with E-state index in [1.807, 2.05) is 6.92 Å². The van der Waals surface area contributed by atoms with Gasteiger partial charge in [-0.15, -0.1) is 10.2 Å². The largest absolute Gasteiger partial charge is 0.416 e. The maximum atomic E-state index is 5.26. The Kier molecular flexibility index (Phi) is 2.85. The molecule has 1 N–H and O–H groups in total. The first-order chi connectivity index (χ1) is 6.34. The molecule has 72 valence electrons. The molecule has 1 aliphatic heterocycles. The van der Waals surface area contributed by atoms with Crippen molar-refractivity contribution in [3.8, 4) is 0 Å². The van der Waals surface area contributed by atoms with Crippen LogP contribution in [0.2, 0.25) is 0 Å². The minimum Gasteiger partial charge on any atom is -0.416 e. The summed E-state index contributed by atoms with van der Waals surface area (Å²) in [5, 5.41) is 11.8. The molecule has 1 aromatic rings. The van der Waals surface area contributed by atoms with Gasteiger partial charge in [0, 0.05) is 18.7 Å². The zero-order valence-corrected chi connectivity index (χ0v) is 8.43. The van der Waals surface area contributed by atoms with Crippen LogP contribution >= 0.6 is 11.8 Å². The molecule has 0 radical (unpaired) electrons. The summed E-state index contributed by atoms with van der Waals surface area (Å²) in [6.45, 7) is 2.96. The summed E-state index contributed by atoms with van der Waals surface area (Å²) < 4.78 is 5.26. The standard InChI is InChI=1S/C8H13N3OS/c1-6-10-11-8(12-6)13-5-7-3-2-4-9-7/h7,9H,2-5H2,1H3/t7-/m1/s1. The van der Waals surface area contributed by atoms with Crippen LogP contribution < -0.4 is 5.32 Å². The molecule has 0 spiro atoms. The molecule has 1 aliphatic rings. The van der Waals surface area contributed by atoms with Gasteiger partial charge >= 0.3 is 0 Å². The third-order valence-corrected chi connectivity index (χ3v) is 3.06. The van der Waals surface area contributed by atoms with Crippen molar-refractivity contribution in [2.45, 2.75) is 31.0 Å². The van der Waals surface area contributed by atoms with E-state index in [2.05, 4.69) is 15.5 Å². The van der Waals surface area contributed by atoms with E-state index in [1.54, 1.807) is 11.8 Å². The van der Waals surface area contributed by atoms with Crippen molar-refractivity contribution in [1.82, 2.24) is 15.5 Å². The highest BCUT2D eigenvalue weighted by Gasteiger charge is 2.15. The molecule has 0 bridgehead atoms. The Hall–Kier alpha value is -0.550. The van der Waals surface area contributed by atoms with Crippen molar-refractivity contribution in [1.29, 1.82) is 0 Å². The van der Waals surface area contributed by atoms with Gasteiger partial charge in [-0.25, -0.2) is 0 Å². The van der Waals surface area contributed by atoms with Crippen molar-refractivity contribution >= 4 is 11.8 Å². The second kappa shape index (κ2) is 4.11. The van der Waals surface area contributed by atoms with Gasteiger partial charge in [0.25, 0.3) is 5.22 Å². The predicted molar refractivity (Wildman–Crippen MR) is 50.8 cm³/mol. The smallest absolute Gasteiger partial charge is 0.276 e. The van der Waals surface area contributed by atoms with Crippen LogP contribution in [-0.2, 0) is 0 Å². The Morgan fingerprint density at radius 1 is 1.62 bits per heavy atom. The Labute approximate surface area is 81.5 Å². The van der Waals surface area contributed by atoms with Crippen LogP contribution in [0.25, 0.3) is 0 Å². The average Bonchev–Trinajstić information content (AvgIpc) is 2.71. The molecule has 5 heteroatoms. The molecular weight excluding hydrogens is 186 g/mol. The van der Waals surface area contributed by atoms with Crippen LogP contribution in [0.1, 0.15) is 18.7 Å². The monoisotopic (exact) mass is 199 g/mol. The van der Waals surface area contributed by atoms with Crippen LogP contribution in [0, 0.1) is 6.92 Å². The normalized spacial score (nSPS) is 22.4. The summed E-state index contributed by atoms with van der Waals surface area (Å²) in [6.07, 6.45) is 2.55. The summed E-state index contributed by atoms with van der Waals surface area (Å²) in [7, 11) is 0. The number of rotatable bonds is 3. The van der Waals surface area contributed by atoms with Gasteiger partial charge in [-0.3, -0.25) is 0 Å². The maximum absolute atomic E-state index is 5.26. The Morgan fingerprint density at radius 3 is 3.15 bits per heavy atom. The molecular formula is C8H13N3OS. The fourth-order valence-electron chi connectivity index (χ4n) is 1.41. The number of hydrogen-bond acceptors (Lipinski definition) is 5. The second-order valence-corrected chi connectivity index (χ2v) is 4.16. The summed E-state index contributed by atoms with van der Waals surface area (Å²) in [5.41, 5.74) is 0. The summed E-state index contributed by atoms with van der Waals surface area (Å²) in [6, 6.07) is 0.622. The molecule has 1 saturated heterocycles. The molecule has 2 heterocycles. The lowest BCUT2D eigenvalue weighted by Crippen LogP contribution is -2.23. The first-order valence-electron chi connectivity index (χ1n) is 4.51. The number of nitrogens with zero attached hydrogens (tertiary/aromatic N) is 2. The van der Waals surface area contributed by atoms with Crippen LogP contribution in [0.15, 0.2) is 9.64 Å². The van der Waals surface area contributed by atoms with E-state index in [0.29, 0.717) is 17.2 Å². The topological polar surface area (TPSA) is 51.0 Å². The van der Waals surface area contributed by atoms with E-state index in [4.69, 9.17) is 4.42 Å². The number of aromatic nitrogens is 2. The van der Waals surface area contributed by atoms with E-state index in [1.165, 1.54) is 12.8 Å². The van der Waals surface area contributed by atoms with Crippen LogP contribution in [-0.4, -0.2) is 28.5 Å². The van der Waals surface area contributed by atoms with Gasteiger partial charge in [0.05, 0.1) is 0 Å². The molecule has 0 unspecified atom stereocenters. The zero-order chi connectivity index (χ0) is 9.10. The predicted octanol–water partition coefficient (Wildman–Crippen LogP) is 1.22. The zero-order valence-electron chi connectivity index (χ0n) is 7.62. The third-order valence-electron chi connectivity index (χ3n) is 2.08. The maximum Gasteiger partial charge on any atom is 0.276 e. The third kappa shape index (κ3) is 2.45. The summed E-state index contributed by atoms with van der Waals surface area (Å²) in [5.74, 6) is 1.67. The van der Waals surface area contributed by atoms with E-state index in [0.717, 1.165) is 12.3 Å². The number of hydrogen-bond donors (Lipinski definition) is 1. The highest BCUT2D eigenvalue weighted by Crippen LogP contribution is 2.19. The molecule has 2 rings (SSSR count). The molecule has 0 aliphatic carbocycles. The number of aryl methyl sites for hydroxylation is 1. The van der Waals surface area contributed by atoms with Crippen molar-refractivity contribution in [2.24, 2.45) is 0 Å². The van der Waals surface area contributed by atoms with Gasteiger partial charge in [-0.05, 0) is 19.4 Å². The highest BCUT2D eigenvalue weighted by atomic mass is 32.2. The molecule has 4 nitrogen and oxygen atoms in total. The molecule has 0 amide bonds. The molecule has 0 aromatic carbocycles. The molecule has 1 aromatic heterocycles. The average molecular weight is 199 g/mol. The van der Waals surface area contributed by atoms with Gasteiger partial charge in [0.2, 0.25) is 5.89 Å². The Bertz CT molecular complexity index is 270. The number of thioether (sulfide) groups is 1. The first-order valence-corrected chi connectivity index (χ1v) is 5.49. The van der Waals surface area contributed by atoms with Crippen molar-refractivity contribution < 1.29 is 4.42 Å². The number of nitrogens with one attached hydrogen (secondary N) is 1. The van der Waals surface area contributed by atoms with Crippen molar-refractivity contribution in [3.05, 3.63) is 5.89 Å². The van der Waals surface area contributed by atoms with Crippen LogP contribution in [0.4, 0.5) is 0 Å². The van der Waals surface area contributed by atoms with Gasteiger partial charge in [-0.2, -0.15) is 0 Å². The summed E-state index contributed by atoms with van der Waals surface area (Å²) in [4.78, 5) is 0. The van der Waals surface area contributed by atoms with E-state index < -0.39 is 0 Å². The Morgan fingerprint density at radius 2 is 2.54 bits per heavy atom. The lowest BCUT2D eigenvalue weighted by atomic mass is 10.3. The van der Waals surface area contributed by atoms with E-state index in [9.17, 15) is 0 Å². The molecule has 13 heavy (non-hydrogen) atoms. The van der Waals surface area contributed by atoms with Crippen molar-refractivity contribution in [3.63, 3.8) is 0 Å². The van der Waals surface area contributed by atoms with Gasteiger partial charge in [0.1, 0.15) is 0 Å². The van der Waals surface area contributed by atoms with Crippen LogP contribution in [0.5, 0.6) is 0 Å².